The maximum absolute atomic E-state index is 5.82. The van der Waals surface area contributed by atoms with Gasteiger partial charge in [-0.05, 0) is 30.7 Å². The second kappa shape index (κ2) is 4.34. The van der Waals surface area contributed by atoms with E-state index < -0.39 is 0 Å². The number of hydrazine groups is 1. The maximum Gasteiger partial charge on any atom is 0.128 e. The van der Waals surface area contributed by atoms with Crippen LogP contribution in [-0.2, 0) is 0 Å². The average molecular weight is 218 g/mol. The number of rotatable bonds is 3. The number of pyridine rings is 1. The van der Waals surface area contributed by atoms with E-state index in [2.05, 4.69) is 10.4 Å². The molecule has 5 N–H and O–H groups in total. The van der Waals surface area contributed by atoms with Crippen LogP contribution in [0.4, 0.5) is 5.82 Å². The zero-order chi connectivity index (χ0) is 11.5. The van der Waals surface area contributed by atoms with Gasteiger partial charge in [0, 0.05) is 11.8 Å². The van der Waals surface area contributed by atoms with Crippen molar-refractivity contribution in [1.29, 1.82) is 0 Å². The molecule has 1 atom stereocenters. The minimum absolute atomic E-state index is 0.276. The van der Waals surface area contributed by atoms with Gasteiger partial charge in [-0.15, -0.1) is 0 Å². The molecular formula is C11H14N4O. The molecule has 1 unspecified atom stereocenters. The second-order valence-corrected chi connectivity index (χ2v) is 3.60. The molecule has 2 heterocycles. The van der Waals surface area contributed by atoms with Gasteiger partial charge in [-0.1, -0.05) is 0 Å². The smallest absolute Gasteiger partial charge is 0.128 e. The summed E-state index contributed by atoms with van der Waals surface area (Å²) in [7, 11) is 0. The van der Waals surface area contributed by atoms with Crippen LogP contribution in [0.5, 0.6) is 0 Å². The minimum Gasteiger partial charge on any atom is -0.467 e. The predicted molar refractivity (Wildman–Crippen MR) is 61.3 cm³/mol. The summed E-state index contributed by atoms with van der Waals surface area (Å²) in [5.41, 5.74) is 10.3. The van der Waals surface area contributed by atoms with Gasteiger partial charge in [-0.2, -0.15) is 0 Å². The Balaban J connectivity index is 2.44. The molecule has 84 valence electrons. The van der Waals surface area contributed by atoms with Gasteiger partial charge in [0.05, 0.1) is 6.26 Å². The van der Waals surface area contributed by atoms with Crippen molar-refractivity contribution in [2.75, 3.05) is 5.73 Å². The third-order valence-corrected chi connectivity index (χ3v) is 2.39. The molecule has 0 amide bonds. The SMILES string of the molecule is Cc1cnc(N)c(C(NN)c2ccco2)c1. The molecule has 5 heteroatoms. The van der Waals surface area contributed by atoms with Crippen molar-refractivity contribution in [3.63, 3.8) is 0 Å². The number of furan rings is 1. The standard InChI is InChI=1S/C11H14N4O/c1-7-5-8(11(12)14-6-7)10(15-13)9-3-2-4-16-9/h2-6,10,15H,13H2,1H3,(H2,12,14). The number of hydrogen-bond donors (Lipinski definition) is 3. The van der Waals surface area contributed by atoms with E-state index in [1.54, 1.807) is 18.5 Å². The molecule has 2 rings (SSSR count). The van der Waals surface area contributed by atoms with E-state index in [0.29, 0.717) is 11.6 Å². The maximum atomic E-state index is 5.82. The molecule has 2 aromatic rings. The molecule has 0 saturated heterocycles. The number of nitrogen functional groups attached to an aromatic ring is 1. The molecule has 2 aromatic heterocycles. The molecule has 0 spiro atoms. The number of aromatic nitrogens is 1. The van der Waals surface area contributed by atoms with Crippen LogP contribution in [0.25, 0.3) is 0 Å². The molecule has 0 bridgehead atoms. The van der Waals surface area contributed by atoms with Crippen LogP contribution in [-0.4, -0.2) is 4.98 Å². The number of nitrogens with zero attached hydrogens (tertiary/aromatic N) is 1. The Bertz CT molecular complexity index is 467. The van der Waals surface area contributed by atoms with E-state index in [0.717, 1.165) is 11.1 Å². The zero-order valence-corrected chi connectivity index (χ0v) is 8.97. The summed E-state index contributed by atoms with van der Waals surface area (Å²) in [5, 5.41) is 0. The Morgan fingerprint density at radius 3 is 2.94 bits per heavy atom. The van der Waals surface area contributed by atoms with Crippen molar-refractivity contribution in [2.45, 2.75) is 13.0 Å². The Labute approximate surface area is 93.4 Å². The largest absolute Gasteiger partial charge is 0.467 e. The van der Waals surface area contributed by atoms with E-state index in [9.17, 15) is 0 Å². The number of hydrogen-bond acceptors (Lipinski definition) is 5. The summed E-state index contributed by atoms with van der Waals surface area (Å²) < 4.78 is 5.31. The normalized spacial score (nSPS) is 12.6. The predicted octanol–water partition coefficient (Wildman–Crippen LogP) is 1.12. The van der Waals surface area contributed by atoms with E-state index >= 15 is 0 Å². The molecule has 16 heavy (non-hydrogen) atoms. The Hall–Kier alpha value is -1.85. The van der Waals surface area contributed by atoms with Gasteiger partial charge < -0.3 is 10.2 Å². The van der Waals surface area contributed by atoms with Crippen LogP contribution < -0.4 is 17.0 Å². The quantitative estimate of drug-likeness (QED) is 0.530. The van der Waals surface area contributed by atoms with Gasteiger partial charge in [0.15, 0.2) is 0 Å². The monoisotopic (exact) mass is 218 g/mol. The minimum atomic E-state index is -0.276. The van der Waals surface area contributed by atoms with E-state index in [4.69, 9.17) is 16.0 Å². The molecule has 5 nitrogen and oxygen atoms in total. The van der Waals surface area contributed by atoms with Crippen LogP contribution in [0.3, 0.4) is 0 Å². The highest BCUT2D eigenvalue weighted by molar-refractivity contribution is 5.45. The fourth-order valence-electron chi connectivity index (χ4n) is 1.61. The first kappa shape index (κ1) is 10.7. The molecule has 0 aliphatic heterocycles. The summed E-state index contributed by atoms with van der Waals surface area (Å²) >= 11 is 0. The summed E-state index contributed by atoms with van der Waals surface area (Å²) in [6.45, 7) is 1.95. The van der Waals surface area contributed by atoms with Gasteiger partial charge in [-0.3, -0.25) is 5.84 Å². The highest BCUT2D eigenvalue weighted by Gasteiger charge is 2.18. The molecule has 0 radical (unpaired) electrons. The first-order valence-corrected chi connectivity index (χ1v) is 4.94. The van der Waals surface area contributed by atoms with Crippen LogP contribution in [0, 0.1) is 6.92 Å². The lowest BCUT2D eigenvalue weighted by molar-refractivity contribution is 0.452. The average Bonchev–Trinajstić information content (AvgIpc) is 2.78. The van der Waals surface area contributed by atoms with Crippen molar-refractivity contribution in [3.8, 4) is 0 Å². The van der Waals surface area contributed by atoms with E-state index in [1.807, 2.05) is 19.1 Å². The molecule has 0 aliphatic rings. The first-order valence-electron chi connectivity index (χ1n) is 4.94. The van der Waals surface area contributed by atoms with Gasteiger partial charge in [0.2, 0.25) is 0 Å². The highest BCUT2D eigenvalue weighted by atomic mass is 16.3. The lowest BCUT2D eigenvalue weighted by Crippen LogP contribution is -2.29. The Morgan fingerprint density at radius 1 is 1.50 bits per heavy atom. The summed E-state index contributed by atoms with van der Waals surface area (Å²) in [6.07, 6.45) is 3.31. The summed E-state index contributed by atoms with van der Waals surface area (Å²) in [6, 6.07) is 5.31. The lowest BCUT2D eigenvalue weighted by Gasteiger charge is -2.15. The highest BCUT2D eigenvalue weighted by Crippen LogP contribution is 2.25. The van der Waals surface area contributed by atoms with Crippen molar-refractivity contribution >= 4 is 5.82 Å². The van der Waals surface area contributed by atoms with Crippen molar-refractivity contribution in [3.05, 3.63) is 47.5 Å². The molecule has 0 aromatic carbocycles. The van der Waals surface area contributed by atoms with Crippen LogP contribution in [0.2, 0.25) is 0 Å². The Kier molecular flexibility index (Phi) is 2.89. The van der Waals surface area contributed by atoms with Gasteiger partial charge in [0.1, 0.15) is 17.6 Å². The fraction of sp³-hybridized carbons (Fsp3) is 0.182. The summed E-state index contributed by atoms with van der Waals surface area (Å²) in [4.78, 5) is 4.10. The molecule has 0 saturated carbocycles. The second-order valence-electron chi connectivity index (χ2n) is 3.60. The number of aryl methyl sites for hydroxylation is 1. The number of anilines is 1. The van der Waals surface area contributed by atoms with Crippen molar-refractivity contribution < 1.29 is 4.42 Å². The summed E-state index contributed by atoms with van der Waals surface area (Å²) in [5.74, 6) is 6.68. The van der Waals surface area contributed by atoms with Crippen LogP contribution in [0.15, 0.2) is 35.1 Å². The fourth-order valence-corrected chi connectivity index (χ4v) is 1.61. The van der Waals surface area contributed by atoms with Gasteiger partial charge in [0.25, 0.3) is 0 Å². The third kappa shape index (κ3) is 1.91. The van der Waals surface area contributed by atoms with Crippen LogP contribution >= 0.6 is 0 Å². The number of nitrogens with one attached hydrogen (secondary N) is 1. The van der Waals surface area contributed by atoms with Gasteiger partial charge >= 0.3 is 0 Å². The van der Waals surface area contributed by atoms with Crippen molar-refractivity contribution in [2.24, 2.45) is 5.84 Å². The molecule has 0 aliphatic carbocycles. The first-order chi connectivity index (χ1) is 7.72. The topological polar surface area (TPSA) is 90.1 Å². The van der Waals surface area contributed by atoms with Gasteiger partial charge in [-0.25, -0.2) is 10.4 Å². The zero-order valence-electron chi connectivity index (χ0n) is 8.97. The molecule has 0 fully saturated rings. The lowest BCUT2D eigenvalue weighted by atomic mass is 10.0. The van der Waals surface area contributed by atoms with Crippen molar-refractivity contribution in [1.82, 2.24) is 10.4 Å². The molecular weight excluding hydrogens is 204 g/mol. The number of nitrogens with two attached hydrogens (primary N) is 2. The third-order valence-electron chi connectivity index (χ3n) is 2.39. The van der Waals surface area contributed by atoms with E-state index in [-0.39, 0.29) is 6.04 Å². The Morgan fingerprint density at radius 2 is 2.31 bits per heavy atom. The van der Waals surface area contributed by atoms with Crippen LogP contribution in [0.1, 0.15) is 22.9 Å². The van der Waals surface area contributed by atoms with E-state index in [1.165, 1.54) is 0 Å².